The Balaban J connectivity index is 1.40. The van der Waals surface area contributed by atoms with E-state index < -0.39 is 6.09 Å². The van der Waals surface area contributed by atoms with Gasteiger partial charge in [0.05, 0.1) is 17.6 Å². The van der Waals surface area contributed by atoms with Crippen LogP contribution in [-0.2, 0) is 13.1 Å². The molecular formula is C27H27ClFN5O2. The molecule has 0 bridgehead atoms. The van der Waals surface area contributed by atoms with Gasteiger partial charge < -0.3 is 25.3 Å². The Hall–Kier alpha value is -3.62. The SMILES string of the molecule is NC1CCCN(c2nc3ccc(OC(=O)NCc4ccc(Cl)cc4)cc3n2Cc2ccc(F)cc2)C1. The maximum absolute atomic E-state index is 13.5. The zero-order valence-corrected chi connectivity index (χ0v) is 20.4. The fourth-order valence-electron chi connectivity index (χ4n) is 4.43. The predicted octanol–water partition coefficient (Wildman–Crippen LogP) is 5.09. The van der Waals surface area contributed by atoms with E-state index in [2.05, 4.69) is 14.8 Å². The lowest BCUT2D eigenvalue weighted by Crippen LogP contribution is -2.44. The first-order chi connectivity index (χ1) is 17.4. The topological polar surface area (TPSA) is 85.4 Å². The second kappa shape index (κ2) is 10.6. The van der Waals surface area contributed by atoms with E-state index in [-0.39, 0.29) is 11.9 Å². The molecule has 3 N–H and O–H groups in total. The Labute approximate surface area is 213 Å². The van der Waals surface area contributed by atoms with Crippen molar-refractivity contribution in [1.29, 1.82) is 0 Å². The van der Waals surface area contributed by atoms with Crippen LogP contribution in [0.2, 0.25) is 5.02 Å². The summed E-state index contributed by atoms with van der Waals surface area (Å²) in [6, 6.07) is 19.1. The minimum absolute atomic E-state index is 0.0843. The minimum Gasteiger partial charge on any atom is -0.410 e. The normalized spacial score (nSPS) is 15.8. The van der Waals surface area contributed by atoms with E-state index in [1.807, 2.05) is 18.2 Å². The fourth-order valence-corrected chi connectivity index (χ4v) is 4.56. The van der Waals surface area contributed by atoms with Gasteiger partial charge in [-0.3, -0.25) is 0 Å². The fraction of sp³-hybridized carbons (Fsp3) is 0.259. The molecule has 4 aromatic rings. The number of rotatable bonds is 6. The van der Waals surface area contributed by atoms with Gasteiger partial charge in [-0.05, 0) is 60.4 Å². The van der Waals surface area contributed by atoms with Gasteiger partial charge in [-0.2, -0.15) is 0 Å². The third kappa shape index (κ3) is 5.61. The van der Waals surface area contributed by atoms with Gasteiger partial charge in [-0.25, -0.2) is 14.2 Å². The second-order valence-corrected chi connectivity index (χ2v) is 9.43. The Bertz CT molecular complexity index is 1360. The molecule has 1 fully saturated rings. The van der Waals surface area contributed by atoms with Crippen LogP contribution in [0, 0.1) is 5.82 Å². The molecule has 1 aliphatic heterocycles. The van der Waals surface area contributed by atoms with E-state index in [4.69, 9.17) is 27.1 Å². The molecule has 0 aliphatic carbocycles. The molecule has 0 saturated carbocycles. The number of hydrogen-bond donors (Lipinski definition) is 2. The first-order valence-corrected chi connectivity index (χ1v) is 12.3. The molecule has 2 heterocycles. The average molecular weight is 508 g/mol. The number of ether oxygens (including phenoxy) is 1. The molecule has 1 amide bonds. The number of piperidine rings is 1. The molecule has 5 rings (SSSR count). The molecular weight excluding hydrogens is 481 g/mol. The highest BCUT2D eigenvalue weighted by molar-refractivity contribution is 6.30. The smallest absolute Gasteiger partial charge is 0.410 e. The summed E-state index contributed by atoms with van der Waals surface area (Å²) in [4.78, 5) is 19.5. The number of anilines is 1. The Morgan fingerprint density at radius 2 is 1.86 bits per heavy atom. The number of nitrogens with one attached hydrogen (secondary N) is 1. The van der Waals surface area contributed by atoms with Gasteiger partial charge >= 0.3 is 6.09 Å². The molecule has 9 heteroatoms. The number of carbonyl (C=O) groups excluding carboxylic acids is 1. The van der Waals surface area contributed by atoms with Crippen molar-refractivity contribution in [2.24, 2.45) is 5.73 Å². The Kier molecular flexibility index (Phi) is 7.06. The third-order valence-electron chi connectivity index (χ3n) is 6.25. The summed E-state index contributed by atoms with van der Waals surface area (Å²) in [7, 11) is 0. The molecule has 0 radical (unpaired) electrons. The molecule has 1 atom stereocenters. The van der Waals surface area contributed by atoms with Gasteiger partial charge in [0.15, 0.2) is 0 Å². The monoisotopic (exact) mass is 507 g/mol. The molecule has 36 heavy (non-hydrogen) atoms. The van der Waals surface area contributed by atoms with E-state index in [1.54, 1.807) is 36.4 Å². The van der Waals surface area contributed by atoms with Crippen LogP contribution in [-0.4, -0.2) is 34.8 Å². The quantitative estimate of drug-likeness (QED) is 0.379. The van der Waals surface area contributed by atoms with Crippen molar-refractivity contribution in [2.45, 2.75) is 32.0 Å². The van der Waals surface area contributed by atoms with Crippen LogP contribution in [0.25, 0.3) is 11.0 Å². The number of fused-ring (bicyclic) bond motifs is 1. The van der Waals surface area contributed by atoms with Crippen LogP contribution >= 0.6 is 11.6 Å². The van der Waals surface area contributed by atoms with Crippen LogP contribution in [0.5, 0.6) is 5.75 Å². The number of halogens is 2. The summed E-state index contributed by atoms with van der Waals surface area (Å²) in [5.41, 5.74) is 9.68. The third-order valence-corrected chi connectivity index (χ3v) is 6.51. The van der Waals surface area contributed by atoms with Crippen molar-refractivity contribution in [3.8, 4) is 5.75 Å². The van der Waals surface area contributed by atoms with Gasteiger partial charge in [0, 0.05) is 36.8 Å². The molecule has 7 nitrogen and oxygen atoms in total. The van der Waals surface area contributed by atoms with Gasteiger partial charge in [-0.1, -0.05) is 35.9 Å². The maximum Gasteiger partial charge on any atom is 0.412 e. The number of benzene rings is 3. The van der Waals surface area contributed by atoms with Crippen LogP contribution in [0.15, 0.2) is 66.7 Å². The largest absolute Gasteiger partial charge is 0.412 e. The second-order valence-electron chi connectivity index (χ2n) is 8.99. The number of aromatic nitrogens is 2. The zero-order valence-electron chi connectivity index (χ0n) is 19.7. The van der Waals surface area contributed by atoms with E-state index in [9.17, 15) is 9.18 Å². The van der Waals surface area contributed by atoms with E-state index in [0.29, 0.717) is 30.4 Å². The summed E-state index contributed by atoms with van der Waals surface area (Å²) in [6.45, 7) is 2.38. The predicted molar refractivity (Wildman–Crippen MR) is 139 cm³/mol. The number of carbonyl (C=O) groups is 1. The van der Waals surface area contributed by atoms with Crippen molar-refractivity contribution in [1.82, 2.24) is 14.9 Å². The van der Waals surface area contributed by atoms with Gasteiger partial charge in [-0.15, -0.1) is 0 Å². The molecule has 0 spiro atoms. The van der Waals surface area contributed by atoms with E-state index in [1.165, 1.54) is 12.1 Å². The highest BCUT2D eigenvalue weighted by Crippen LogP contribution is 2.29. The van der Waals surface area contributed by atoms with Crippen LogP contribution in [0.1, 0.15) is 24.0 Å². The molecule has 1 aromatic heterocycles. The van der Waals surface area contributed by atoms with Gasteiger partial charge in [0.1, 0.15) is 11.6 Å². The number of nitrogens with zero attached hydrogens (tertiary/aromatic N) is 3. The van der Waals surface area contributed by atoms with E-state index >= 15 is 0 Å². The van der Waals surface area contributed by atoms with Crippen molar-refractivity contribution in [2.75, 3.05) is 18.0 Å². The summed E-state index contributed by atoms with van der Waals surface area (Å²) in [5.74, 6) is 0.920. The summed E-state index contributed by atoms with van der Waals surface area (Å²) < 4.78 is 21.1. The highest BCUT2D eigenvalue weighted by Gasteiger charge is 2.23. The van der Waals surface area contributed by atoms with Gasteiger partial charge in [0.25, 0.3) is 0 Å². The number of imidazole rings is 1. The van der Waals surface area contributed by atoms with Crippen molar-refractivity contribution in [3.05, 3.63) is 88.7 Å². The van der Waals surface area contributed by atoms with Crippen LogP contribution in [0.4, 0.5) is 15.1 Å². The van der Waals surface area contributed by atoms with Crippen LogP contribution < -0.4 is 20.7 Å². The lowest BCUT2D eigenvalue weighted by Gasteiger charge is -2.32. The number of hydrogen-bond acceptors (Lipinski definition) is 5. The van der Waals surface area contributed by atoms with Crippen molar-refractivity contribution >= 4 is 34.7 Å². The maximum atomic E-state index is 13.5. The summed E-state index contributed by atoms with van der Waals surface area (Å²) >= 11 is 5.91. The molecule has 186 valence electrons. The molecule has 3 aromatic carbocycles. The number of amides is 1. The van der Waals surface area contributed by atoms with Crippen molar-refractivity contribution < 1.29 is 13.9 Å². The minimum atomic E-state index is -0.559. The van der Waals surface area contributed by atoms with E-state index in [0.717, 1.165) is 47.5 Å². The lowest BCUT2D eigenvalue weighted by molar-refractivity contribution is 0.200. The zero-order chi connectivity index (χ0) is 25.1. The average Bonchev–Trinajstić information content (AvgIpc) is 3.23. The van der Waals surface area contributed by atoms with Crippen LogP contribution in [0.3, 0.4) is 0 Å². The first-order valence-electron chi connectivity index (χ1n) is 11.9. The molecule has 1 aliphatic rings. The molecule has 1 unspecified atom stereocenters. The first kappa shape index (κ1) is 24.1. The Morgan fingerprint density at radius 1 is 1.11 bits per heavy atom. The Morgan fingerprint density at radius 3 is 2.61 bits per heavy atom. The standard InChI is InChI=1S/C27H27ClFN5O2/c28-20-7-3-18(4-8-20)15-31-27(35)36-23-11-12-24-25(14-23)34(16-19-5-9-21(29)10-6-19)26(32-24)33-13-1-2-22(30)17-33/h3-12,14,22H,1-2,13,15-17,30H2,(H,31,35). The summed E-state index contributed by atoms with van der Waals surface area (Å²) in [6.07, 6.45) is 1.41. The highest BCUT2D eigenvalue weighted by atomic mass is 35.5. The lowest BCUT2D eigenvalue weighted by atomic mass is 10.1. The molecule has 1 saturated heterocycles. The summed E-state index contributed by atoms with van der Waals surface area (Å²) in [5, 5.41) is 3.39. The number of nitrogens with two attached hydrogens (primary N) is 1. The van der Waals surface area contributed by atoms with Gasteiger partial charge in [0.2, 0.25) is 5.95 Å². The van der Waals surface area contributed by atoms with Crippen molar-refractivity contribution in [3.63, 3.8) is 0 Å².